The van der Waals surface area contributed by atoms with Crippen molar-refractivity contribution in [3.8, 4) is 0 Å². The van der Waals surface area contributed by atoms with E-state index in [9.17, 15) is 4.79 Å². The van der Waals surface area contributed by atoms with E-state index < -0.39 is 0 Å². The summed E-state index contributed by atoms with van der Waals surface area (Å²) >= 11 is 11.8. The predicted octanol–water partition coefficient (Wildman–Crippen LogP) is 2.16. The maximum atomic E-state index is 12.3. The number of carbonyl (C=O) groups is 1. The van der Waals surface area contributed by atoms with Crippen molar-refractivity contribution < 1.29 is 4.79 Å². The van der Waals surface area contributed by atoms with Crippen LogP contribution in [0.2, 0.25) is 10.2 Å². The van der Waals surface area contributed by atoms with Crippen LogP contribution < -0.4 is 0 Å². The van der Waals surface area contributed by atoms with E-state index in [0.29, 0.717) is 24.2 Å². The first-order chi connectivity index (χ1) is 8.49. The number of rotatable bonds is 1. The van der Waals surface area contributed by atoms with Gasteiger partial charge in [-0.1, -0.05) is 23.2 Å². The second-order valence-corrected chi connectivity index (χ2v) is 5.34. The minimum Gasteiger partial charge on any atom is -0.334 e. The molecule has 0 aliphatic carbocycles. The molecule has 1 atom stereocenters. The minimum atomic E-state index is -0.151. The first kappa shape index (κ1) is 13.6. The maximum absolute atomic E-state index is 12.3. The van der Waals surface area contributed by atoms with Crippen LogP contribution in [0.1, 0.15) is 17.4 Å². The van der Waals surface area contributed by atoms with Gasteiger partial charge in [-0.3, -0.25) is 4.79 Å². The Kier molecular flexibility index (Phi) is 4.10. The monoisotopic (exact) mass is 287 g/mol. The average Bonchev–Trinajstić information content (AvgIpc) is 2.35. The van der Waals surface area contributed by atoms with Crippen molar-refractivity contribution in [1.29, 1.82) is 0 Å². The highest BCUT2D eigenvalue weighted by molar-refractivity contribution is 6.34. The zero-order valence-corrected chi connectivity index (χ0v) is 11.9. The van der Waals surface area contributed by atoms with Crippen molar-refractivity contribution in [2.75, 3.05) is 26.7 Å². The van der Waals surface area contributed by atoms with Gasteiger partial charge in [-0.2, -0.15) is 0 Å². The van der Waals surface area contributed by atoms with Gasteiger partial charge in [-0.15, -0.1) is 0 Å². The number of halogens is 2. The molecular weight excluding hydrogens is 273 g/mol. The van der Waals surface area contributed by atoms with E-state index in [2.05, 4.69) is 23.9 Å². The van der Waals surface area contributed by atoms with E-state index >= 15 is 0 Å². The summed E-state index contributed by atoms with van der Waals surface area (Å²) in [5.74, 6) is -0.151. The van der Waals surface area contributed by atoms with E-state index in [1.54, 1.807) is 17.0 Å². The first-order valence-corrected chi connectivity index (χ1v) is 6.56. The molecule has 18 heavy (non-hydrogen) atoms. The van der Waals surface area contributed by atoms with Gasteiger partial charge in [0.1, 0.15) is 10.8 Å². The molecule has 1 fully saturated rings. The van der Waals surface area contributed by atoms with E-state index in [1.165, 1.54) is 0 Å². The number of hydrogen-bond acceptors (Lipinski definition) is 3. The summed E-state index contributed by atoms with van der Waals surface area (Å²) in [4.78, 5) is 20.3. The van der Waals surface area contributed by atoms with Crippen molar-refractivity contribution in [2.45, 2.75) is 13.0 Å². The topological polar surface area (TPSA) is 36.4 Å². The Morgan fingerprint density at radius 2 is 2.11 bits per heavy atom. The zero-order chi connectivity index (χ0) is 13.3. The van der Waals surface area contributed by atoms with Crippen LogP contribution in [0.15, 0.2) is 12.1 Å². The number of aromatic nitrogens is 1. The van der Waals surface area contributed by atoms with Crippen molar-refractivity contribution >= 4 is 29.1 Å². The lowest BCUT2D eigenvalue weighted by molar-refractivity contribution is 0.0567. The van der Waals surface area contributed by atoms with Crippen molar-refractivity contribution in [1.82, 2.24) is 14.8 Å². The number of nitrogens with zero attached hydrogens (tertiary/aromatic N) is 3. The Morgan fingerprint density at radius 3 is 2.78 bits per heavy atom. The molecule has 1 unspecified atom stereocenters. The highest BCUT2D eigenvalue weighted by atomic mass is 35.5. The fraction of sp³-hybridized carbons (Fsp3) is 0.500. The number of amides is 1. The predicted molar refractivity (Wildman–Crippen MR) is 72.3 cm³/mol. The van der Waals surface area contributed by atoms with Gasteiger partial charge in [-0.05, 0) is 26.1 Å². The van der Waals surface area contributed by atoms with Gasteiger partial charge in [-0.25, -0.2) is 4.98 Å². The summed E-state index contributed by atoms with van der Waals surface area (Å²) in [5, 5.41) is 0.626. The Labute approximate surface area is 116 Å². The number of pyridine rings is 1. The molecule has 2 heterocycles. The average molecular weight is 288 g/mol. The lowest BCUT2D eigenvalue weighted by Gasteiger charge is -2.37. The third-order valence-corrected chi connectivity index (χ3v) is 3.78. The molecule has 1 amide bonds. The van der Waals surface area contributed by atoms with Gasteiger partial charge in [0.2, 0.25) is 0 Å². The Hall–Kier alpha value is -0.840. The summed E-state index contributed by atoms with van der Waals surface area (Å²) in [7, 11) is 2.05. The second-order valence-electron chi connectivity index (χ2n) is 4.55. The van der Waals surface area contributed by atoms with Crippen molar-refractivity contribution in [2.24, 2.45) is 0 Å². The van der Waals surface area contributed by atoms with Crippen molar-refractivity contribution in [3.63, 3.8) is 0 Å². The highest BCUT2D eigenvalue weighted by Crippen LogP contribution is 2.20. The van der Waals surface area contributed by atoms with Crippen LogP contribution in [0.25, 0.3) is 0 Å². The molecule has 98 valence electrons. The summed E-state index contributed by atoms with van der Waals surface area (Å²) in [6, 6.07) is 3.51. The number of likely N-dealkylation sites (N-methyl/N-ethyl adjacent to an activating group) is 1. The third kappa shape index (κ3) is 2.76. The molecule has 0 spiro atoms. The van der Waals surface area contributed by atoms with Crippen LogP contribution in [-0.2, 0) is 0 Å². The van der Waals surface area contributed by atoms with Gasteiger partial charge in [0, 0.05) is 25.7 Å². The molecular formula is C12H15Cl2N3O. The molecule has 1 aromatic heterocycles. The lowest BCUT2D eigenvalue weighted by Crippen LogP contribution is -2.52. The molecule has 0 N–H and O–H groups in total. The van der Waals surface area contributed by atoms with E-state index in [-0.39, 0.29) is 16.8 Å². The normalized spacial score (nSPS) is 21.1. The van der Waals surface area contributed by atoms with E-state index in [1.807, 2.05) is 0 Å². The second kappa shape index (κ2) is 5.43. The zero-order valence-electron chi connectivity index (χ0n) is 10.4. The SMILES string of the molecule is CC1CN(C(=O)c2nc(Cl)ccc2Cl)CCN1C. The standard InChI is InChI=1S/C12H15Cl2N3O/c1-8-7-17(6-5-16(8)2)12(18)11-9(13)3-4-10(14)15-11/h3-4,8H,5-7H2,1-2H3. The van der Waals surface area contributed by atoms with Crippen LogP contribution in [-0.4, -0.2) is 53.4 Å². The minimum absolute atomic E-state index is 0.151. The van der Waals surface area contributed by atoms with Crippen LogP contribution in [0.5, 0.6) is 0 Å². The molecule has 2 rings (SSSR count). The summed E-state index contributed by atoms with van der Waals surface area (Å²) in [6.45, 7) is 4.31. The Balaban J connectivity index is 2.19. The quantitative estimate of drug-likeness (QED) is 0.743. The smallest absolute Gasteiger partial charge is 0.274 e. The summed E-state index contributed by atoms with van der Waals surface area (Å²) in [5.41, 5.74) is 0.237. The van der Waals surface area contributed by atoms with Crippen LogP contribution >= 0.6 is 23.2 Å². The van der Waals surface area contributed by atoms with Crippen LogP contribution in [0.4, 0.5) is 0 Å². The highest BCUT2D eigenvalue weighted by Gasteiger charge is 2.27. The molecule has 0 saturated carbocycles. The van der Waals surface area contributed by atoms with E-state index in [4.69, 9.17) is 23.2 Å². The molecule has 1 aliphatic rings. The first-order valence-electron chi connectivity index (χ1n) is 5.80. The van der Waals surface area contributed by atoms with Crippen LogP contribution in [0, 0.1) is 0 Å². The molecule has 6 heteroatoms. The molecule has 4 nitrogen and oxygen atoms in total. The summed E-state index contributed by atoms with van der Waals surface area (Å²) in [6.07, 6.45) is 0. The third-order valence-electron chi connectivity index (χ3n) is 3.26. The number of piperazine rings is 1. The number of carbonyl (C=O) groups excluding carboxylic acids is 1. The molecule has 1 aliphatic heterocycles. The largest absolute Gasteiger partial charge is 0.334 e. The molecule has 1 saturated heterocycles. The van der Waals surface area contributed by atoms with Crippen LogP contribution in [0.3, 0.4) is 0 Å². The fourth-order valence-electron chi connectivity index (χ4n) is 1.95. The summed E-state index contributed by atoms with van der Waals surface area (Å²) < 4.78 is 0. The maximum Gasteiger partial charge on any atom is 0.274 e. The van der Waals surface area contributed by atoms with Crippen molar-refractivity contribution in [3.05, 3.63) is 28.0 Å². The molecule has 1 aromatic rings. The fourth-order valence-corrected chi connectivity index (χ4v) is 2.28. The van der Waals surface area contributed by atoms with Gasteiger partial charge < -0.3 is 9.80 Å². The van der Waals surface area contributed by atoms with Gasteiger partial charge in [0.15, 0.2) is 0 Å². The molecule has 0 bridgehead atoms. The molecule has 0 radical (unpaired) electrons. The van der Waals surface area contributed by atoms with E-state index in [0.717, 1.165) is 6.54 Å². The number of hydrogen-bond donors (Lipinski definition) is 0. The van der Waals surface area contributed by atoms with Gasteiger partial charge >= 0.3 is 0 Å². The Morgan fingerprint density at radius 1 is 1.39 bits per heavy atom. The molecule has 0 aromatic carbocycles. The van der Waals surface area contributed by atoms with Gasteiger partial charge in [0.25, 0.3) is 5.91 Å². The van der Waals surface area contributed by atoms with Gasteiger partial charge in [0.05, 0.1) is 5.02 Å². The Bertz CT molecular complexity index is 467. The lowest BCUT2D eigenvalue weighted by atomic mass is 10.2.